The number of carbonyl (C=O) groups is 2. The number of hydrogen-bond donors (Lipinski definition) is 2. The Hall–Kier alpha value is -2.52. The summed E-state index contributed by atoms with van der Waals surface area (Å²) in [7, 11) is 3.20. The van der Waals surface area contributed by atoms with E-state index >= 15 is 0 Å². The smallest absolute Gasteiger partial charge is 0.274 e. The number of amides is 2. The summed E-state index contributed by atoms with van der Waals surface area (Å²) in [5, 5.41) is 13.8. The number of nitrogens with one attached hydrogen (secondary N) is 1. The van der Waals surface area contributed by atoms with E-state index in [0.29, 0.717) is 18.7 Å². The fourth-order valence-corrected chi connectivity index (χ4v) is 1.96. The minimum atomic E-state index is -0.731. The number of nitro groups is 1. The first-order valence-corrected chi connectivity index (χ1v) is 6.86. The van der Waals surface area contributed by atoms with Gasteiger partial charge < -0.3 is 15.8 Å². The molecule has 126 valence electrons. The molecule has 9 heteroatoms. The number of benzene rings is 1. The highest BCUT2D eigenvalue weighted by molar-refractivity contribution is 5.93. The summed E-state index contributed by atoms with van der Waals surface area (Å²) in [6.07, 6.45) is 0. The van der Waals surface area contributed by atoms with Crippen LogP contribution in [0.1, 0.15) is 15.9 Å². The number of primary amides is 1. The zero-order valence-corrected chi connectivity index (χ0v) is 13.1. The zero-order chi connectivity index (χ0) is 17.4. The van der Waals surface area contributed by atoms with Gasteiger partial charge in [-0.25, -0.2) is 0 Å². The van der Waals surface area contributed by atoms with Crippen molar-refractivity contribution in [2.45, 2.75) is 6.54 Å². The van der Waals surface area contributed by atoms with Gasteiger partial charge in [0.05, 0.1) is 18.1 Å². The molecule has 0 aromatic heterocycles. The normalized spacial score (nSPS) is 10.6. The first-order valence-electron chi connectivity index (χ1n) is 6.86. The lowest BCUT2D eigenvalue weighted by atomic mass is 10.1. The molecule has 1 aromatic carbocycles. The summed E-state index contributed by atoms with van der Waals surface area (Å²) in [6, 6.07) is 4.04. The second-order valence-electron chi connectivity index (χ2n) is 4.98. The second kappa shape index (κ2) is 8.81. The van der Waals surface area contributed by atoms with Crippen LogP contribution < -0.4 is 11.1 Å². The van der Waals surface area contributed by atoms with E-state index in [4.69, 9.17) is 10.5 Å². The lowest BCUT2D eigenvalue weighted by Gasteiger charge is -2.16. The van der Waals surface area contributed by atoms with Crippen LogP contribution >= 0.6 is 0 Å². The van der Waals surface area contributed by atoms with Crippen molar-refractivity contribution >= 4 is 17.5 Å². The summed E-state index contributed by atoms with van der Waals surface area (Å²) in [5.41, 5.74) is 5.39. The van der Waals surface area contributed by atoms with Crippen LogP contribution in [0.3, 0.4) is 0 Å². The summed E-state index contributed by atoms with van der Waals surface area (Å²) >= 11 is 0. The number of nitro benzene ring substituents is 1. The van der Waals surface area contributed by atoms with Crippen molar-refractivity contribution in [2.24, 2.45) is 5.73 Å². The number of rotatable bonds is 9. The second-order valence-corrected chi connectivity index (χ2v) is 4.98. The maximum absolute atomic E-state index is 11.7. The quantitative estimate of drug-likeness (QED) is 0.370. The molecule has 9 nitrogen and oxygen atoms in total. The van der Waals surface area contributed by atoms with Crippen molar-refractivity contribution in [3.8, 4) is 0 Å². The van der Waals surface area contributed by atoms with E-state index in [1.807, 2.05) is 0 Å². The van der Waals surface area contributed by atoms with Crippen LogP contribution in [0.25, 0.3) is 0 Å². The van der Waals surface area contributed by atoms with Gasteiger partial charge in [-0.3, -0.25) is 24.6 Å². The Kier molecular flexibility index (Phi) is 7.10. The van der Waals surface area contributed by atoms with Crippen LogP contribution in [-0.4, -0.2) is 55.5 Å². The highest BCUT2D eigenvalue weighted by atomic mass is 16.6. The molecule has 3 N–H and O–H groups in total. The Morgan fingerprint density at radius 2 is 2.13 bits per heavy atom. The van der Waals surface area contributed by atoms with Crippen molar-refractivity contribution in [2.75, 3.05) is 33.9 Å². The van der Waals surface area contributed by atoms with Gasteiger partial charge in [-0.05, 0) is 13.1 Å². The summed E-state index contributed by atoms with van der Waals surface area (Å²) < 4.78 is 4.82. The molecule has 0 aliphatic heterocycles. The van der Waals surface area contributed by atoms with Gasteiger partial charge >= 0.3 is 0 Å². The number of likely N-dealkylation sites (N-methyl/N-ethyl adjacent to an activating group) is 1. The van der Waals surface area contributed by atoms with Gasteiger partial charge in [-0.1, -0.05) is 6.07 Å². The molecular formula is C14H20N4O5. The minimum absolute atomic E-state index is 0.0698. The van der Waals surface area contributed by atoms with E-state index in [2.05, 4.69) is 5.32 Å². The number of carbonyl (C=O) groups excluding carboxylic acids is 2. The van der Waals surface area contributed by atoms with Gasteiger partial charge in [0.1, 0.15) is 0 Å². The van der Waals surface area contributed by atoms with E-state index in [0.717, 1.165) is 6.07 Å². The average molecular weight is 324 g/mol. The lowest BCUT2D eigenvalue weighted by molar-refractivity contribution is -0.385. The monoisotopic (exact) mass is 324 g/mol. The topological polar surface area (TPSA) is 128 Å². The van der Waals surface area contributed by atoms with Gasteiger partial charge in [0.2, 0.25) is 11.8 Å². The van der Waals surface area contributed by atoms with Crippen LogP contribution in [0, 0.1) is 10.1 Å². The highest BCUT2D eigenvalue weighted by Gasteiger charge is 2.18. The van der Waals surface area contributed by atoms with E-state index in [1.54, 1.807) is 11.9 Å². The third-order valence-electron chi connectivity index (χ3n) is 3.05. The van der Waals surface area contributed by atoms with E-state index in [9.17, 15) is 19.7 Å². The highest BCUT2D eigenvalue weighted by Crippen LogP contribution is 2.21. The Labute approximate surface area is 133 Å². The Morgan fingerprint density at radius 3 is 2.70 bits per heavy atom. The predicted molar refractivity (Wildman–Crippen MR) is 82.8 cm³/mol. The van der Waals surface area contributed by atoms with Gasteiger partial charge in [-0.15, -0.1) is 0 Å². The molecule has 0 spiro atoms. The molecule has 0 atom stereocenters. The number of nitrogens with zero attached hydrogens (tertiary/aromatic N) is 2. The maximum Gasteiger partial charge on any atom is 0.274 e. The molecule has 2 amide bonds. The van der Waals surface area contributed by atoms with E-state index < -0.39 is 10.8 Å². The first kappa shape index (κ1) is 18.5. The van der Waals surface area contributed by atoms with Crippen LogP contribution in [0.2, 0.25) is 0 Å². The predicted octanol–water partition coefficient (Wildman–Crippen LogP) is -0.112. The molecule has 0 fully saturated rings. The first-order chi connectivity index (χ1) is 10.8. The molecule has 0 saturated carbocycles. The molecule has 0 heterocycles. The third-order valence-corrected chi connectivity index (χ3v) is 3.05. The molecule has 0 saturated heterocycles. The van der Waals surface area contributed by atoms with Crippen LogP contribution in [0.15, 0.2) is 18.2 Å². The van der Waals surface area contributed by atoms with Crippen molar-refractivity contribution in [1.29, 1.82) is 0 Å². The zero-order valence-electron chi connectivity index (χ0n) is 13.1. The maximum atomic E-state index is 11.7. The van der Waals surface area contributed by atoms with Crippen molar-refractivity contribution in [3.05, 3.63) is 39.4 Å². The van der Waals surface area contributed by atoms with Crippen molar-refractivity contribution < 1.29 is 19.2 Å². The molecular weight excluding hydrogens is 304 g/mol. The molecule has 0 radical (unpaired) electrons. The standard InChI is InChI=1S/C14H20N4O5/c1-17(9-13(19)16-5-6-23-2)8-11-4-3-10(14(15)20)7-12(11)18(21)22/h3-4,7H,5-6,8-9H2,1-2H3,(H2,15,20)(H,16,19). The van der Waals surface area contributed by atoms with Crippen LogP contribution in [-0.2, 0) is 16.1 Å². The van der Waals surface area contributed by atoms with Gasteiger partial charge in [0.15, 0.2) is 0 Å². The number of methoxy groups -OCH3 is 1. The molecule has 23 heavy (non-hydrogen) atoms. The van der Waals surface area contributed by atoms with Crippen molar-refractivity contribution in [1.82, 2.24) is 10.2 Å². The average Bonchev–Trinajstić information content (AvgIpc) is 2.47. The molecule has 1 rings (SSSR count). The van der Waals surface area contributed by atoms with E-state index in [-0.39, 0.29) is 30.2 Å². The van der Waals surface area contributed by atoms with Gasteiger partial charge in [-0.2, -0.15) is 0 Å². The van der Waals surface area contributed by atoms with Crippen LogP contribution in [0.4, 0.5) is 5.69 Å². The van der Waals surface area contributed by atoms with Gasteiger partial charge in [0, 0.05) is 37.4 Å². The van der Waals surface area contributed by atoms with E-state index in [1.165, 1.54) is 19.2 Å². The number of hydrogen-bond acceptors (Lipinski definition) is 6. The molecule has 1 aromatic rings. The molecule has 0 aliphatic rings. The Balaban J connectivity index is 2.73. The number of ether oxygens (including phenoxy) is 1. The fourth-order valence-electron chi connectivity index (χ4n) is 1.96. The van der Waals surface area contributed by atoms with Gasteiger partial charge in [0.25, 0.3) is 5.69 Å². The summed E-state index contributed by atoms with van der Waals surface area (Å²) in [4.78, 5) is 35.0. The molecule has 0 aliphatic carbocycles. The van der Waals surface area contributed by atoms with Crippen LogP contribution in [0.5, 0.6) is 0 Å². The molecule has 0 unspecified atom stereocenters. The number of nitrogens with two attached hydrogens (primary N) is 1. The fraction of sp³-hybridized carbons (Fsp3) is 0.429. The Morgan fingerprint density at radius 1 is 1.43 bits per heavy atom. The SMILES string of the molecule is COCCNC(=O)CN(C)Cc1ccc(C(N)=O)cc1[N+](=O)[O-]. The third kappa shape index (κ3) is 6.01. The largest absolute Gasteiger partial charge is 0.383 e. The van der Waals surface area contributed by atoms with Crippen molar-refractivity contribution in [3.63, 3.8) is 0 Å². The lowest BCUT2D eigenvalue weighted by Crippen LogP contribution is -2.36. The summed E-state index contributed by atoms with van der Waals surface area (Å²) in [5.74, 6) is -0.938. The Bertz CT molecular complexity index is 591. The summed E-state index contributed by atoms with van der Waals surface area (Å²) in [6.45, 7) is 1.08. The molecule has 0 bridgehead atoms. The minimum Gasteiger partial charge on any atom is -0.383 e.